The van der Waals surface area contributed by atoms with Crippen LogP contribution in [0.1, 0.15) is 44.7 Å². The minimum absolute atomic E-state index is 0.0241. The monoisotopic (exact) mass is 668 g/mol. The topological polar surface area (TPSA) is 125 Å². The van der Waals surface area contributed by atoms with Gasteiger partial charge in [-0.2, -0.15) is 15.2 Å². The zero-order valence-corrected chi connectivity index (χ0v) is 27.6. The van der Waals surface area contributed by atoms with E-state index >= 15 is 4.39 Å². The molecule has 0 bridgehead atoms. The Morgan fingerprint density at radius 2 is 2.02 bits per heavy atom. The molecule has 3 N–H and O–H groups in total. The molecule has 2 saturated carbocycles. The molecule has 10 nitrogen and oxygen atoms in total. The van der Waals surface area contributed by atoms with E-state index in [-0.39, 0.29) is 50.5 Å². The number of allylic oxidation sites excluding steroid dienone is 4. The lowest BCUT2D eigenvalue weighted by molar-refractivity contribution is -0.0273. The lowest BCUT2D eigenvalue weighted by Gasteiger charge is -2.47. The van der Waals surface area contributed by atoms with Gasteiger partial charge in [0.15, 0.2) is 11.6 Å². The van der Waals surface area contributed by atoms with Gasteiger partial charge in [-0.05, 0) is 64.8 Å². The van der Waals surface area contributed by atoms with Crippen molar-refractivity contribution in [2.24, 2.45) is 17.1 Å². The summed E-state index contributed by atoms with van der Waals surface area (Å²) in [6.45, 7) is 6.32. The van der Waals surface area contributed by atoms with Crippen molar-refractivity contribution in [3.63, 3.8) is 0 Å². The highest BCUT2D eigenvalue weighted by Gasteiger charge is 2.47. The molecule has 5 aliphatic rings. The number of nitrogens with two attached hydrogens (primary N) is 1. The number of morpholine rings is 1. The van der Waals surface area contributed by atoms with Crippen molar-refractivity contribution >= 4 is 34.1 Å². The number of halogens is 3. The third kappa shape index (κ3) is 5.85. The third-order valence-electron chi connectivity index (χ3n) is 10.5. The van der Waals surface area contributed by atoms with Crippen molar-refractivity contribution in [3.8, 4) is 12.1 Å². The van der Waals surface area contributed by atoms with Gasteiger partial charge in [-0.25, -0.2) is 13.2 Å². The van der Waals surface area contributed by atoms with Crippen LogP contribution in [0.25, 0.3) is 16.5 Å². The summed E-state index contributed by atoms with van der Waals surface area (Å²) in [5.74, 6) is -3.62. The summed E-state index contributed by atoms with van der Waals surface area (Å²) in [6.07, 6.45) is 7.69. The van der Waals surface area contributed by atoms with Crippen molar-refractivity contribution in [1.29, 1.82) is 5.26 Å². The van der Waals surface area contributed by atoms with Crippen LogP contribution in [0.4, 0.5) is 19.0 Å². The summed E-state index contributed by atoms with van der Waals surface area (Å²) in [4.78, 5) is 18.2. The number of rotatable bonds is 10. The predicted octanol–water partition coefficient (Wildman–Crippen LogP) is 4.91. The van der Waals surface area contributed by atoms with Gasteiger partial charge in [0.2, 0.25) is 0 Å². The molecule has 0 aromatic carbocycles. The molecule has 4 heterocycles. The number of nitrogens with one attached hydrogen (secondary N) is 1. The summed E-state index contributed by atoms with van der Waals surface area (Å²) in [5.41, 5.74) is 5.73. The SMILES string of the molecule is C[C@@H]1CN(CC2(COc3nc(NCC4(N(C)C)CCC4)c4cnc(C5=CC(F)=C(F)C6SC(N)=C(C#N)C56)c(F)c4n3)CC2)CCO1. The van der Waals surface area contributed by atoms with Crippen molar-refractivity contribution in [1.82, 2.24) is 24.8 Å². The first kappa shape index (κ1) is 32.2. The van der Waals surface area contributed by atoms with Gasteiger partial charge < -0.3 is 25.4 Å². The molecule has 2 aromatic rings. The fraction of sp³-hybridized carbons (Fsp3) is 0.576. The summed E-state index contributed by atoms with van der Waals surface area (Å²) < 4.78 is 58.3. The second-order valence-electron chi connectivity index (χ2n) is 13.8. The van der Waals surface area contributed by atoms with Crippen LogP contribution in [0.3, 0.4) is 0 Å². The highest BCUT2D eigenvalue weighted by Crippen LogP contribution is 2.53. The number of fused-ring (bicyclic) bond motifs is 2. The lowest BCUT2D eigenvalue weighted by atomic mass is 9.75. The predicted molar refractivity (Wildman–Crippen MR) is 174 cm³/mol. The van der Waals surface area contributed by atoms with Crippen LogP contribution in [-0.2, 0) is 4.74 Å². The Labute approximate surface area is 276 Å². The molecule has 0 amide bonds. The highest BCUT2D eigenvalue weighted by atomic mass is 32.2. The van der Waals surface area contributed by atoms with E-state index in [1.165, 1.54) is 6.20 Å². The van der Waals surface area contributed by atoms with E-state index in [1.807, 2.05) is 20.2 Å². The number of aromatic nitrogens is 3. The molecule has 14 heteroatoms. The summed E-state index contributed by atoms with van der Waals surface area (Å²) in [7, 11) is 4.09. The quantitative estimate of drug-likeness (QED) is 0.359. The summed E-state index contributed by atoms with van der Waals surface area (Å²) in [6, 6.07) is 2.03. The molecule has 250 valence electrons. The molecular formula is C33H39F3N8O2S. The van der Waals surface area contributed by atoms with Crippen LogP contribution in [0, 0.1) is 28.5 Å². The Kier molecular flexibility index (Phi) is 8.39. The van der Waals surface area contributed by atoms with Crippen LogP contribution >= 0.6 is 11.8 Å². The van der Waals surface area contributed by atoms with Gasteiger partial charge in [0.05, 0.1) is 46.6 Å². The van der Waals surface area contributed by atoms with Gasteiger partial charge in [0, 0.05) is 49.2 Å². The summed E-state index contributed by atoms with van der Waals surface area (Å²) in [5, 5.41) is 12.5. The number of hydrogen-bond acceptors (Lipinski definition) is 11. The van der Waals surface area contributed by atoms with Gasteiger partial charge in [-0.1, -0.05) is 11.8 Å². The first-order valence-corrected chi connectivity index (χ1v) is 17.0. The number of nitrogens with zero attached hydrogens (tertiary/aromatic N) is 6. The molecule has 2 unspecified atom stereocenters. The fourth-order valence-electron chi connectivity index (χ4n) is 7.16. The molecule has 1 saturated heterocycles. The standard InChI is InChI=1S/C33H39F3N8O2S/c1-18-14-44(9-10-45-18)16-32(7-8-32)17-46-31-41-27-21(30(42-31)40-15-33(43(2)3)5-4-6-33)13-39-26(25(27)36)19-11-22(34)24(35)28-23(19)20(12-37)29(38)47-28/h11,13,18,23,28H,4-10,14-17,38H2,1-3H3,(H,40,41,42)/t18-,23?,28?/m1/s1. The van der Waals surface area contributed by atoms with Crippen LogP contribution < -0.4 is 15.8 Å². The molecule has 3 atom stereocenters. The number of anilines is 1. The Morgan fingerprint density at radius 1 is 1.23 bits per heavy atom. The van der Waals surface area contributed by atoms with E-state index in [1.54, 1.807) is 0 Å². The van der Waals surface area contributed by atoms with E-state index in [0.717, 1.165) is 69.6 Å². The van der Waals surface area contributed by atoms with Crippen molar-refractivity contribution in [2.45, 2.75) is 55.9 Å². The van der Waals surface area contributed by atoms with Crippen LogP contribution in [0.15, 0.2) is 34.5 Å². The van der Waals surface area contributed by atoms with E-state index in [0.29, 0.717) is 31.0 Å². The normalized spacial score (nSPS) is 26.6. The Morgan fingerprint density at radius 3 is 2.68 bits per heavy atom. The van der Waals surface area contributed by atoms with Crippen LogP contribution in [-0.4, -0.2) is 95.1 Å². The number of thioether (sulfide) groups is 1. The van der Waals surface area contributed by atoms with Crippen molar-refractivity contribution in [2.75, 3.05) is 58.8 Å². The van der Waals surface area contributed by atoms with E-state index in [2.05, 4.69) is 32.0 Å². The van der Waals surface area contributed by atoms with Gasteiger partial charge >= 0.3 is 6.01 Å². The molecule has 7 rings (SSSR count). The minimum Gasteiger partial charge on any atom is -0.463 e. The Bertz CT molecular complexity index is 1730. The second-order valence-corrected chi connectivity index (χ2v) is 15.0. The van der Waals surface area contributed by atoms with Crippen LogP contribution in [0.2, 0.25) is 0 Å². The molecule has 0 spiro atoms. The minimum atomic E-state index is -1.14. The van der Waals surface area contributed by atoms with E-state index < -0.39 is 28.6 Å². The van der Waals surface area contributed by atoms with Crippen molar-refractivity contribution in [3.05, 3.63) is 46.0 Å². The first-order chi connectivity index (χ1) is 22.5. The zero-order valence-electron chi connectivity index (χ0n) is 26.8. The number of nitriles is 1. The maximum atomic E-state index is 16.7. The molecule has 2 aliphatic heterocycles. The summed E-state index contributed by atoms with van der Waals surface area (Å²) >= 11 is 0.854. The smallest absolute Gasteiger partial charge is 0.319 e. The number of pyridine rings is 1. The molecule has 3 fully saturated rings. The second kappa shape index (κ2) is 12.3. The molecule has 47 heavy (non-hydrogen) atoms. The van der Waals surface area contributed by atoms with Crippen LogP contribution in [0.5, 0.6) is 6.01 Å². The molecule has 0 radical (unpaired) electrons. The average molecular weight is 669 g/mol. The van der Waals surface area contributed by atoms with Gasteiger partial charge in [-0.3, -0.25) is 9.88 Å². The van der Waals surface area contributed by atoms with Gasteiger partial charge in [0.1, 0.15) is 22.9 Å². The van der Waals surface area contributed by atoms with E-state index in [4.69, 9.17) is 20.2 Å². The Hall–Kier alpha value is -3.38. The fourth-order valence-corrected chi connectivity index (χ4v) is 8.37. The Balaban J connectivity index is 1.24. The first-order valence-electron chi connectivity index (χ1n) is 16.1. The van der Waals surface area contributed by atoms with E-state index in [9.17, 15) is 14.0 Å². The molecule has 2 aromatic heterocycles. The number of ether oxygens (including phenoxy) is 2. The van der Waals surface area contributed by atoms with Crippen molar-refractivity contribution < 1.29 is 22.6 Å². The number of hydrogen-bond donors (Lipinski definition) is 2. The molecular weight excluding hydrogens is 629 g/mol. The largest absolute Gasteiger partial charge is 0.463 e. The van der Waals surface area contributed by atoms with Gasteiger partial charge in [0.25, 0.3) is 0 Å². The van der Waals surface area contributed by atoms with Gasteiger partial charge in [-0.15, -0.1) is 0 Å². The molecule has 3 aliphatic carbocycles. The highest BCUT2D eigenvalue weighted by molar-refractivity contribution is 8.04. The lowest BCUT2D eigenvalue weighted by Crippen LogP contribution is -2.54. The zero-order chi connectivity index (χ0) is 33.1. The maximum absolute atomic E-state index is 16.7. The maximum Gasteiger partial charge on any atom is 0.319 e. The average Bonchev–Trinajstić information content (AvgIpc) is 3.69. The number of likely N-dealkylation sites (N-methyl/N-ethyl adjacent to an activating group) is 1. The third-order valence-corrected chi connectivity index (χ3v) is 11.7.